The van der Waals surface area contributed by atoms with Crippen molar-refractivity contribution < 1.29 is 5.11 Å². The SMILES string of the molecule is N.[CH2]CCCO. The fourth-order valence-corrected chi connectivity index (χ4v) is 0.112. The Hall–Kier alpha value is -0.0800. The van der Waals surface area contributed by atoms with Gasteiger partial charge in [0.05, 0.1) is 0 Å². The predicted octanol–water partition coefficient (Wildman–Crippen LogP) is 0.755. The molecule has 2 nitrogen and oxygen atoms in total. The maximum Gasteiger partial charge on any atom is 0.0431 e. The molecule has 1 radical (unpaired) electrons. The lowest BCUT2D eigenvalue weighted by atomic mass is 10.4. The zero-order valence-electron chi connectivity index (χ0n) is 3.98. The van der Waals surface area contributed by atoms with Gasteiger partial charge < -0.3 is 11.3 Å². The summed E-state index contributed by atoms with van der Waals surface area (Å²) in [5, 5.41) is 8.03. The van der Waals surface area contributed by atoms with Crippen molar-refractivity contribution in [2.24, 2.45) is 0 Å². The molecule has 6 heavy (non-hydrogen) atoms. The fraction of sp³-hybridized carbons (Fsp3) is 0.750. The van der Waals surface area contributed by atoms with Gasteiger partial charge in [0, 0.05) is 6.61 Å². The van der Waals surface area contributed by atoms with E-state index in [4.69, 9.17) is 5.11 Å². The van der Waals surface area contributed by atoms with Gasteiger partial charge >= 0.3 is 0 Å². The Morgan fingerprint density at radius 2 is 2.00 bits per heavy atom. The van der Waals surface area contributed by atoms with E-state index in [-0.39, 0.29) is 12.8 Å². The van der Waals surface area contributed by atoms with Crippen molar-refractivity contribution in [1.29, 1.82) is 0 Å². The van der Waals surface area contributed by atoms with Gasteiger partial charge in [-0.05, 0) is 6.42 Å². The fourth-order valence-electron chi connectivity index (χ4n) is 0.112. The van der Waals surface area contributed by atoms with Gasteiger partial charge in [-0.2, -0.15) is 0 Å². The van der Waals surface area contributed by atoms with Crippen LogP contribution in [0.25, 0.3) is 0 Å². The summed E-state index contributed by atoms with van der Waals surface area (Å²) >= 11 is 0. The first kappa shape index (κ1) is 9.33. The standard InChI is InChI=1S/C4H9O.H3N/c1-2-3-4-5;/h5H,1-4H2;1H3. The molecule has 39 valence electrons. The number of hydrogen-bond acceptors (Lipinski definition) is 2. The van der Waals surface area contributed by atoms with Gasteiger partial charge in [-0.1, -0.05) is 13.3 Å². The first-order chi connectivity index (χ1) is 2.41. The molecule has 4 N–H and O–H groups in total. The Balaban J connectivity index is 0. The van der Waals surface area contributed by atoms with Gasteiger partial charge in [0.1, 0.15) is 0 Å². The highest BCUT2D eigenvalue weighted by molar-refractivity contribution is 4.34. The Labute approximate surface area is 38.8 Å². The van der Waals surface area contributed by atoms with Crippen LogP contribution in [0, 0.1) is 6.92 Å². The van der Waals surface area contributed by atoms with E-state index >= 15 is 0 Å². The van der Waals surface area contributed by atoms with E-state index in [1.807, 2.05) is 0 Å². The van der Waals surface area contributed by atoms with Crippen LogP contribution < -0.4 is 6.15 Å². The third-order valence-electron chi connectivity index (χ3n) is 0.408. The first-order valence-electron chi connectivity index (χ1n) is 1.82. The van der Waals surface area contributed by atoms with Crippen LogP contribution in [0.3, 0.4) is 0 Å². The molecule has 0 aliphatic rings. The van der Waals surface area contributed by atoms with E-state index in [2.05, 4.69) is 6.92 Å². The highest BCUT2D eigenvalue weighted by Gasteiger charge is 1.69. The van der Waals surface area contributed by atoms with E-state index in [0.29, 0.717) is 0 Å². The summed E-state index contributed by atoms with van der Waals surface area (Å²) in [6.07, 6.45) is 1.68. The van der Waals surface area contributed by atoms with Crippen LogP contribution in [0.5, 0.6) is 0 Å². The second kappa shape index (κ2) is 8.87. The summed E-state index contributed by atoms with van der Waals surface area (Å²) < 4.78 is 0. The van der Waals surface area contributed by atoms with Gasteiger partial charge in [0.15, 0.2) is 0 Å². The van der Waals surface area contributed by atoms with E-state index in [1.54, 1.807) is 0 Å². The molecule has 0 aromatic carbocycles. The lowest BCUT2D eigenvalue weighted by Gasteiger charge is -1.79. The third kappa shape index (κ3) is 9.07. The van der Waals surface area contributed by atoms with E-state index in [1.165, 1.54) is 0 Å². The van der Waals surface area contributed by atoms with Crippen molar-refractivity contribution >= 4 is 0 Å². The Bertz CT molecular complexity index is 15.0. The Morgan fingerprint density at radius 1 is 1.50 bits per heavy atom. The smallest absolute Gasteiger partial charge is 0.0431 e. The van der Waals surface area contributed by atoms with Crippen LogP contribution in [-0.4, -0.2) is 11.7 Å². The number of aliphatic hydroxyl groups is 1. The molecule has 0 aliphatic heterocycles. The van der Waals surface area contributed by atoms with E-state index in [0.717, 1.165) is 12.8 Å². The summed E-state index contributed by atoms with van der Waals surface area (Å²) in [7, 11) is 0. The highest BCUT2D eigenvalue weighted by atomic mass is 16.2. The lowest BCUT2D eigenvalue weighted by molar-refractivity contribution is 0.289. The van der Waals surface area contributed by atoms with Gasteiger partial charge in [-0.15, -0.1) is 0 Å². The topological polar surface area (TPSA) is 55.2 Å². The van der Waals surface area contributed by atoms with Crippen molar-refractivity contribution in [1.82, 2.24) is 6.15 Å². The summed E-state index contributed by atoms with van der Waals surface area (Å²) in [6.45, 7) is 3.80. The Morgan fingerprint density at radius 3 is 2.00 bits per heavy atom. The molecule has 0 aliphatic carbocycles. The lowest BCUT2D eigenvalue weighted by Crippen LogP contribution is -1.75. The zero-order valence-corrected chi connectivity index (χ0v) is 3.98. The van der Waals surface area contributed by atoms with Crippen LogP contribution >= 0.6 is 0 Å². The number of rotatable bonds is 2. The molecule has 0 aromatic rings. The van der Waals surface area contributed by atoms with Crippen LogP contribution in [0.15, 0.2) is 0 Å². The van der Waals surface area contributed by atoms with Gasteiger partial charge in [-0.25, -0.2) is 0 Å². The Kier molecular flexibility index (Phi) is 13.8. The minimum absolute atomic E-state index is 0. The summed E-state index contributed by atoms with van der Waals surface area (Å²) in [5.74, 6) is 0. The third-order valence-corrected chi connectivity index (χ3v) is 0.408. The first-order valence-corrected chi connectivity index (χ1v) is 1.82. The van der Waals surface area contributed by atoms with Crippen molar-refractivity contribution in [2.45, 2.75) is 12.8 Å². The normalized spacial score (nSPS) is 7.00. The van der Waals surface area contributed by atoms with Gasteiger partial charge in [-0.3, -0.25) is 0 Å². The quantitative estimate of drug-likeness (QED) is 0.525. The van der Waals surface area contributed by atoms with Crippen molar-refractivity contribution in [2.75, 3.05) is 6.61 Å². The van der Waals surface area contributed by atoms with Crippen LogP contribution in [0.1, 0.15) is 12.8 Å². The molecule has 0 fully saturated rings. The largest absolute Gasteiger partial charge is 0.396 e. The second-order valence-electron chi connectivity index (χ2n) is 0.931. The molecule has 2 heteroatoms. The molecule has 0 bridgehead atoms. The van der Waals surface area contributed by atoms with Crippen molar-refractivity contribution in [3.63, 3.8) is 0 Å². The molecular formula is C4H12NO. The molecular weight excluding hydrogens is 78.0 g/mol. The minimum Gasteiger partial charge on any atom is -0.396 e. The summed E-state index contributed by atoms with van der Waals surface area (Å²) in [5.41, 5.74) is 0. The van der Waals surface area contributed by atoms with Crippen LogP contribution in [0.2, 0.25) is 0 Å². The van der Waals surface area contributed by atoms with Crippen LogP contribution in [-0.2, 0) is 0 Å². The molecule has 0 rings (SSSR count). The molecule has 0 spiro atoms. The maximum absolute atomic E-state index is 8.03. The van der Waals surface area contributed by atoms with Gasteiger partial charge in [0.25, 0.3) is 0 Å². The van der Waals surface area contributed by atoms with E-state index < -0.39 is 0 Å². The number of unbranched alkanes of at least 4 members (excludes halogenated alkanes) is 1. The molecule has 0 amide bonds. The maximum atomic E-state index is 8.03. The molecule has 0 saturated carbocycles. The monoisotopic (exact) mass is 90.1 g/mol. The second-order valence-corrected chi connectivity index (χ2v) is 0.931. The van der Waals surface area contributed by atoms with Crippen molar-refractivity contribution in [3.8, 4) is 0 Å². The summed E-state index contributed by atoms with van der Waals surface area (Å²) in [4.78, 5) is 0. The number of hydrogen-bond donors (Lipinski definition) is 2. The molecule has 0 heterocycles. The predicted molar refractivity (Wildman–Crippen MR) is 26.7 cm³/mol. The average molecular weight is 90.1 g/mol. The highest BCUT2D eigenvalue weighted by Crippen LogP contribution is 1.78. The van der Waals surface area contributed by atoms with Gasteiger partial charge in [0.2, 0.25) is 0 Å². The minimum atomic E-state index is 0. The number of aliphatic hydroxyl groups excluding tert-OH is 1. The molecule has 0 aromatic heterocycles. The molecule has 0 unspecified atom stereocenters. The molecule has 0 atom stereocenters. The molecule has 0 saturated heterocycles. The van der Waals surface area contributed by atoms with Crippen LogP contribution in [0.4, 0.5) is 0 Å². The summed E-state index contributed by atoms with van der Waals surface area (Å²) in [6, 6.07) is 0. The average Bonchev–Trinajstić information content (AvgIpc) is 1.41. The van der Waals surface area contributed by atoms with E-state index in [9.17, 15) is 0 Å². The zero-order chi connectivity index (χ0) is 4.12. The van der Waals surface area contributed by atoms with Crippen molar-refractivity contribution in [3.05, 3.63) is 6.92 Å².